The number of aryl methyl sites for hydroxylation is 1. The Balaban J connectivity index is 2.36. The summed E-state index contributed by atoms with van der Waals surface area (Å²) in [4.78, 5) is 12.5. The Kier molecular flexibility index (Phi) is 5.59. The molecule has 0 fully saturated rings. The van der Waals surface area contributed by atoms with Gasteiger partial charge < -0.3 is 4.74 Å². The highest BCUT2D eigenvalue weighted by molar-refractivity contribution is 7.89. The van der Waals surface area contributed by atoms with Crippen molar-refractivity contribution in [2.45, 2.75) is 44.6 Å². The molecule has 1 unspecified atom stereocenters. The summed E-state index contributed by atoms with van der Waals surface area (Å²) in [6, 6.07) is 5.81. The van der Waals surface area contributed by atoms with Crippen molar-refractivity contribution >= 4 is 16.0 Å². The monoisotopic (exact) mass is 337 g/mol. The molecule has 23 heavy (non-hydrogen) atoms. The second kappa shape index (κ2) is 7.27. The van der Waals surface area contributed by atoms with E-state index in [4.69, 9.17) is 4.74 Å². The zero-order valence-electron chi connectivity index (χ0n) is 13.8. The van der Waals surface area contributed by atoms with E-state index in [2.05, 4.69) is 0 Å². The van der Waals surface area contributed by atoms with Crippen LogP contribution in [0.4, 0.5) is 0 Å². The number of hydrogen-bond donors (Lipinski definition) is 0. The predicted octanol–water partition coefficient (Wildman–Crippen LogP) is 2.66. The Labute approximate surface area is 138 Å². The Morgan fingerprint density at radius 1 is 1.26 bits per heavy atom. The van der Waals surface area contributed by atoms with Gasteiger partial charge in [-0.3, -0.25) is 0 Å². The van der Waals surface area contributed by atoms with Crippen LogP contribution in [-0.4, -0.2) is 37.9 Å². The lowest BCUT2D eigenvalue weighted by Gasteiger charge is -2.25. The summed E-state index contributed by atoms with van der Waals surface area (Å²) in [6.07, 6.45) is 3.36. The molecule has 1 aromatic carbocycles. The van der Waals surface area contributed by atoms with E-state index in [1.807, 2.05) is 19.9 Å². The van der Waals surface area contributed by atoms with Crippen molar-refractivity contribution in [2.24, 2.45) is 0 Å². The third-order valence-corrected chi connectivity index (χ3v) is 5.69. The zero-order chi connectivity index (χ0) is 17.0. The molecule has 5 nitrogen and oxygen atoms in total. The summed E-state index contributed by atoms with van der Waals surface area (Å²) in [5.74, 6) is -0.500. The molecule has 0 spiro atoms. The fourth-order valence-corrected chi connectivity index (χ4v) is 4.23. The third-order valence-electron chi connectivity index (χ3n) is 3.85. The minimum Gasteiger partial charge on any atom is -0.465 e. The number of ether oxygens (including phenoxy) is 1. The van der Waals surface area contributed by atoms with Gasteiger partial charge in [0.1, 0.15) is 6.04 Å². The van der Waals surface area contributed by atoms with Gasteiger partial charge in [0.15, 0.2) is 0 Å². The third kappa shape index (κ3) is 3.64. The molecule has 1 atom stereocenters. The maximum atomic E-state index is 12.9. The fourth-order valence-electron chi connectivity index (χ4n) is 2.71. The van der Waals surface area contributed by atoms with E-state index < -0.39 is 22.0 Å². The number of rotatable bonds is 6. The van der Waals surface area contributed by atoms with Crippen LogP contribution in [-0.2, 0) is 19.6 Å². The normalized spacial score (nSPS) is 18.7. The molecular formula is C17H23NO4S. The van der Waals surface area contributed by atoms with E-state index in [0.717, 1.165) is 17.6 Å². The Bertz CT molecular complexity index is 692. The van der Waals surface area contributed by atoms with Gasteiger partial charge in [0.25, 0.3) is 0 Å². The van der Waals surface area contributed by atoms with Crippen LogP contribution in [0.1, 0.15) is 32.3 Å². The van der Waals surface area contributed by atoms with Gasteiger partial charge in [-0.2, -0.15) is 4.31 Å². The van der Waals surface area contributed by atoms with Crippen molar-refractivity contribution in [3.8, 4) is 0 Å². The molecule has 6 heteroatoms. The highest BCUT2D eigenvalue weighted by Gasteiger charge is 2.41. The average molecular weight is 337 g/mol. The predicted molar refractivity (Wildman–Crippen MR) is 88.5 cm³/mol. The van der Waals surface area contributed by atoms with Crippen LogP contribution < -0.4 is 0 Å². The number of carbonyl (C=O) groups is 1. The Hall–Kier alpha value is -1.66. The van der Waals surface area contributed by atoms with Gasteiger partial charge in [0.05, 0.1) is 11.5 Å². The van der Waals surface area contributed by atoms with Gasteiger partial charge in [-0.05, 0) is 38.0 Å². The van der Waals surface area contributed by atoms with Crippen molar-refractivity contribution in [2.75, 3.05) is 13.2 Å². The highest BCUT2D eigenvalue weighted by atomic mass is 32.2. The van der Waals surface area contributed by atoms with Crippen LogP contribution in [0.2, 0.25) is 0 Å². The van der Waals surface area contributed by atoms with Crippen molar-refractivity contribution in [3.05, 3.63) is 41.5 Å². The van der Waals surface area contributed by atoms with Gasteiger partial charge >= 0.3 is 5.97 Å². The van der Waals surface area contributed by atoms with Crippen molar-refractivity contribution in [1.82, 2.24) is 4.31 Å². The van der Waals surface area contributed by atoms with Crippen LogP contribution in [0, 0.1) is 6.92 Å². The molecule has 1 aromatic rings. The SMILES string of the molecule is CCCC1=CCN(S(=O)(=O)c2ccc(C)cc2)C1C(=O)OCC. The van der Waals surface area contributed by atoms with Crippen molar-refractivity contribution in [1.29, 1.82) is 0 Å². The lowest BCUT2D eigenvalue weighted by Crippen LogP contribution is -2.43. The van der Waals surface area contributed by atoms with E-state index in [1.165, 1.54) is 4.31 Å². The van der Waals surface area contributed by atoms with Gasteiger partial charge in [0, 0.05) is 6.54 Å². The number of benzene rings is 1. The fraction of sp³-hybridized carbons (Fsp3) is 0.471. The summed E-state index contributed by atoms with van der Waals surface area (Å²) in [6.45, 7) is 6.05. The number of esters is 1. The minimum atomic E-state index is -3.74. The van der Waals surface area contributed by atoms with E-state index in [9.17, 15) is 13.2 Å². The molecule has 2 rings (SSSR count). The molecule has 0 N–H and O–H groups in total. The van der Waals surface area contributed by atoms with Crippen molar-refractivity contribution < 1.29 is 17.9 Å². The molecule has 0 aliphatic carbocycles. The van der Waals surface area contributed by atoms with Crippen LogP contribution in [0.15, 0.2) is 40.8 Å². The molecule has 0 amide bonds. The Morgan fingerprint density at radius 2 is 1.91 bits per heavy atom. The van der Waals surface area contributed by atoms with Crippen LogP contribution in [0.5, 0.6) is 0 Å². The first kappa shape index (κ1) is 17.7. The molecule has 0 saturated heterocycles. The smallest absolute Gasteiger partial charge is 0.328 e. The maximum absolute atomic E-state index is 12.9. The lowest BCUT2D eigenvalue weighted by molar-refractivity contribution is -0.146. The molecule has 1 aliphatic heterocycles. The number of sulfonamides is 1. The molecule has 1 heterocycles. The quantitative estimate of drug-likeness (QED) is 0.591. The minimum absolute atomic E-state index is 0.198. The van der Waals surface area contributed by atoms with Gasteiger partial charge in [-0.25, -0.2) is 13.2 Å². The molecule has 0 radical (unpaired) electrons. The summed E-state index contributed by atoms with van der Waals surface area (Å²) >= 11 is 0. The highest BCUT2D eigenvalue weighted by Crippen LogP contribution is 2.29. The molecule has 0 saturated carbocycles. The standard InChI is InChI=1S/C17H23NO4S/c1-4-6-14-11-12-18(16(14)17(19)22-5-2)23(20,21)15-9-7-13(3)8-10-15/h7-11,16H,4-6,12H2,1-3H3. The van der Waals surface area contributed by atoms with E-state index in [1.54, 1.807) is 31.2 Å². The molecule has 1 aliphatic rings. The zero-order valence-corrected chi connectivity index (χ0v) is 14.6. The van der Waals surface area contributed by atoms with E-state index in [0.29, 0.717) is 6.42 Å². The number of nitrogens with zero attached hydrogens (tertiary/aromatic N) is 1. The molecule has 0 aromatic heterocycles. The van der Waals surface area contributed by atoms with Crippen LogP contribution in [0.25, 0.3) is 0 Å². The first-order valence-electron chi connectivity index (χ1n) is 7.85. The summed E-state index contributed by atoms with van der Waals surface area (Å²) in [5, 5.41) is 0. The number of hydrogen-bond acceptors (Lipinski definition) is 4. The van der Waals surface area contributed by atoms with E-state index in [-0.39, 0.29) is 18.0 Å². The van der Waals surface area contributed by atoms with E-state index >= 15 is 0 Å². The molecule has 0 bridgehead atoms. The molecule has 126 valence electrons. The number of carbonyl (C=O) groups excluding carboxylic acids is 1. The van der Waals surface area contributed by atoms with Gasteiger partial charge in [0.2, 0.25) is 10.0 Å². The van der Waals surface area contributed by atoms with Crippen LogP contribution in [0.3, 0.4) is 0 Å². The van der Waals surface area contributed by atoms with Gasteiger partial charge in [-0.1, -0.05) is 37.1 Å². The summed E-state index contributed by atoms with van der Waals surface area (Å²) in [5.41, 5.74) is 1.80. The lowest BCUT2D eigenvalue weighted by atomic mass is 10.1. The van der Waals surface area contributed by atoms with Crippen molar-refractivity contribution in [3.63, 3.8) is 0 Å². The largest absolute Gasteiger partial charge is 0.465 e. The second-order valence-corrected chi connectivity index (χ2v) is 7.46. The topological polar surface area (TPSA) is 63.7 Å². The average Bonchev–Trinajstić information content (AvgIpc) is 2.93. The summed E-state index contributed by atoms with van der Waals surface area (Å²) in [7, 11) is -3.74. The van der Waals surface area contributed by atoms with Gasteiger partial charge in [-0.15, -0.1) is 0 Å². The molecular weight excluding hydrogens is 314 g/mol. The Morgan fingerprint density at radius 3 is 2.48 bits per heavy atom. The van der Waals surface area contributed by atoms with Crippen LogP contribution >= 0.6 is 0 Å². The first-order valence-corrected chi connectivity index (χ1v) is 9.29. The first-order chi connectivity index (χ1) is 10.9. The maximum Gasteiger partial charge on any atom is 0.328 e. The summed E-state index contributed by atoms with van der Waals surface area (Å²) < 4.78 is 32.1. The second-order valence-electron chi connectivity index (χ2n) is 5.57.